The van der Waals surface area contributed by atoms with Gasteiger partial charge >= 0.3 is 5.97 Å². The second kappa shape index (κ2) is 10.5. The van der Waals surface area contributed by atoms with E-state index in [1.54, 1.807) is 12.1 Å². The number of hydrogen-bond acceptors (Lipinski definition) is 6. The maximum atomic E-state index is 15.0. The standard InChI is InChI=1S/C38H28N2O5/c41-34(30-20-11-23-44-30)33-32(36(42)45-35(25-13-3-1-4-14-25)26-15-5-2-6-16-26)38(27-17-8-9-18-28(27)39-37(38)43)31-22-21-24-12-7-10-19-29(24)40(31)33/h1-23,31-33,35H,(H,39,43)/t31-,32-,33+,38+/m1/s1. The first-order valence-electron chi connectivity index (χ1n) is 14.9. The number of amides is 1. The highest BCUT2D eigenvalue weighted by atomic mass is 16.5. The van der Waals surface area contributed by atoms with Gasteiger partial charge in [0.15, 0.2) is 11.9 Å². The average Bonchev–Trinajstić information content (AvgIpc) is 3.81. The number of Topliss-reactive ketones (excluding diaryl/α,β-unsaturated/α-hetero) is 1. The van der Waals surface area contributed by atoms with E-state index in [1.165, 1.54) is 6.26 Å². The number of carbonyl (C=O) groups excluding carboxylic acids is 3. The van der Waals surface area contributed by atoms with E-state index in [0.717, 1.165) is 22.4 Å². The number of furan rings is 1. The molecule has 45 heavy (non-hydrogen) atoms. The lowest BCUT2D eigenvalue weighted by Crippen LogP contribution is -2.51. The summed E-state index contributed by atoms with van der Waals surface area (Å²) in [6.07, 6.45) is 4.57. The number of benzene rings is 4. The zero-order valence-corrected chi connectivity index (χ0v) is 24.1. The summed E-state index contributed by atoms with van der Waals surface area (Å²) in [6, 6.07) is 35.5. The van der Waals surface area contributed by atoms with E-state index >= 15 is 4.79 Å². The molecule has 0 radical (unpaired) electrons. The van der Waals surface area contributed by atoms with E-state index in [-0.39, 0.29) is 11.7 Å². The Bertz CT molecular complexity index is 1910. The molecule has 220 valence electrons. The first kappa shape index (κ1) is 26.9. The van der Waals surface area contributed by atoms with Gasteiger partial charge in [-0.25, -0.2) is 0 Å². The summed E-state index contributed by atoms with van der Waals surface area (Å²) in [5.41, 5.74) is 2.98. The molecule has 3 aliphatic rings. The van der Waals surface area contributed by atoms with Gasteiger partial charge in [0.25, 0.3) is 0 Å². The molecular formula is C38H28N2O5. The van der Waals surface area contributed by atoms with Crippen molar-refractivity contribution in [1.82, 2.24) is 0 Å². The van der Waals surface area contributed by atoms with Crippen LogP contribution in [0.15, 0.2) is 138 Å². The van der Waals surface area contributed by atoms with Crippen LogP contribution in [0.25, 0.3) is 6.08 Å². The first-order valence-corrected chi connectivity index (χ1v) is 14.9. The number of anilines is 2. The smallest absolute Gasteiger partial charge is 0.314 e. The molecule has 0 aliphatic carbocycles. The van der Waals surface area contributed by atoms with Crippen LogP contribution in [0.4, 0.5) is 11.4 Å². The maximum Gasteiger partial charge on any atom is 0.314 e. The van der Waals surface area contributed by atoms with Crippen molar-refractivity contribution in [3.05, 3.63) is 162 Å². The van der Waals surface area contributed by atoms with E-state index in [9.17, 15) is 9.59 Å². The van der Waals surface area contributed by atoms with Gasteiger partial charge < -0.3 is 19.4 Å². The SMILES string of the molecule is O=C(c1ccco1)[C@@H]1[C@H](C(=O)OC(c2ccccc2)c2ccccc2)[C@@]2(C(=O)Nc3ccccc32)[C@H]2C=Cc3ccccc3N12. The minimum absolute atomic E-state index is 0.106. The third kappa shape index (κ3) is 4.00. The van der Waals surface area contributed by atoms with Crippen molar-refractivity contribution < 1.29 is 23.5 Å². The third-order valence-corrected chi connectivity index (χ3v) is 9.27. The van der Waals surface area contributed by atoms with Crippen molar-refractivity contribution in [2.75, 3.05) is 10.2 Å². The summed E-state index contributed by atoms with van der Waals surface area (Å²) < 4.78 is 12.1. The van der Waals surface area contributed by atoms with Crippen LogP contribution < -0.4 is 10.2 Å². The molecule has 1 N–H and O–H groups in total. The van der Waals surface area contributed by atoms with E-state index in [4.69, 9.17) is 9.15 Å². The molecule has 4 heterocycles. The van der Waals surface area contributed by atoms with E-state index in [2.05, 4.69) is 5.32 Å². The van der Waals surface area contributed by atoms with Crippen LogP contribution in [-0.2, 0) is 19.7 Å². The number of rotatable bonds is 6. The molecular weight excluding hydrogens is 564 g/mol. The zero-order chi connectivity index (χ0) is 30.5. The Hall–Kier alpha value is -5.69. The number of ether oxygens (including phenoxy) is 1. The van der Waals surface area contributed by atoms with Gasteiger partial charge in [-0.2, -0.15) is 0 Å². The van der Waals surface area contributed by atoms with Gasteiger partial charge in [0.2, 0.25) is 11.7 Å². The topological polar surface area (TPSA) is 88.9 Å². The minimum atomic E-state index is -1.47. The highest BCUT2D eigenvalue weighted by Gasteiger charge is 2.71. The number of ketones is 1. The van der Waals surface area contributed by atoms with Crippen molar-refractivity contribution >= 4 is 35.1 Å². The molecule has 4 atom stereocenters. The number of para-hydroxylation sites is 2. The molecule has 1 aromatic heterocycles. The van der Waals surface area contributed by atoms with Crippen LogP contribution in [-0.4, -0.2) is 29.7 Å². The Labute approximate surface area is 259 Å². The van der Waals surface area contributed by atoms with Crippen LogP contribution in [0.5, 0.6) is 0 Å². The lowest BCUT2D eigenvalue weighted by molar-refractivity contribution is -0.156. The molecule has 3 aliphatic heterocycles. The van der Waals surface area contributed by atoms with Crippen LogP contribution in [0.1, 0.15) is 38.9 Å². The van der Waals surface area contributed by atoms with Crippen molar-refractivity contribution in [2.24, 2.45) is 5.92 Å². The number of fused-ring (bicyclic) bond motifs is 6. The predicted molar refractivity (Wildman–Crippen MR) is 170 cm³/mol. The van der Waals surface area contributed by atoms with Crippen LogP contribution in [0.3, 0.4) is 0 Å². The molecule has 8 rings (SSSR count). The summed E-state index contributed by atoms with van der Waals surface area (Å²) in [7, 11) is 0. The molecule has 1 spiro atoms. The maximum absolute atomic E-state index is 15.0. The Kier molecular flexibility index (Phi) is 6.27. The summed E-state index contributed by atoms with van der Waals surface area (Å²) in [5.74, 6) is -2.52. The second-order valence-electron chi connectivity index (χ2n) is 11.5. The van der Waals surface area contributed by atoms with Crippen LogP contribution in [0, 0.1) is 5.92 Å². The van der Waals surface area contributed by atoms with Gasteiger partial charge in [-0.3, -0.25) is 14.4 Å². The van der Waals surface area contributed by atoms with Crippen molar-refractivity contribution in [3.63, 3.8) is 0 Å². The number of nitrogens with one attached hydrogen (secondary N) is 1. The van der Waals surface area contributed by atoms with Crippen LogP contribution >= 0.6 is 0 Å². The van der Waals surface area contributed by atoms with Gasteiger partial charge in [-0.1, -0.05) is 109 Å². The molecule has 0 saturated carbocycles. The van der Waals surface area contributed by atoms with E-state index < -0.39 is 41.3 Å². The Morgan fingerprint density at radius 1 is 0.800 bits per heavy atom. The quantitative estimate of drug-likeness (QED) is 0.177. The zero-order valence-electron chi connectivity index (χ0n) is 24.1. The van der Waals surface area contributed by atoms with E-state index in [0.29, 0.717) is 11.3 Å². The van der Waals surface area contributed by atoms with Gasteiger partial charge in [-0.15, -0.1) is 0 Å². The van der Waals surface area contributed by atoms with Crippen molar-refractivity contribution in [2.45, 2.75) is 23.6 Å². The van der Waals surface area contributed by atoms with Crippen molar-refractivity contribution in [3.8, 4) is 0 Å². The van der Waals surface area contributed by atoms with Gasteiger partial charge in [0.05, 0.1) is 12.3 Å². The number of carbonyl (C=O) groups is 3. The molecule has 4 aromatic carbocycles. The van der Waals surface area contributed by atoms with Gasteiger partial charge in [-0.05, 0) is 46.5 Å². The fraction of sp³-hybridized carbons (Fsp3) is 0.132. The largest absolute Gasteiger partial charge is 0.461 e. The first-order chi connectivity index (χ1) is 22.1. The second-order valence-corrected chi connectivity index (χ2v) is 11.5. The van der Waals surface area contributed by atoms with Gasteiger partial charge in [0, 0.05) is 11.4 Å². The molecule has 7 nitrogen and oxygen atoms in total. The molecule has 7 heteroatoms. The normalized spacial score (nSPS) is 22.6. The van der Waals surface area contributed by atoms with E-state index in [1.807, 2.05) is 126 Å². The highest BCUT2D eigenvalue weighted by molar-refractivity contribution is 6.15. The highest BCUT2D eigenvalue weighted by Crippen LogP contribution is 2.58. The Morgan fingerprint density at radius 2 is 1.47 bits per heavy atom. The lowest BCUT2D eigenvalue weighted by atomic mass is 9.66. The lowest BCUT2D eigenvalue weighted by Gasteiger charge is -2.37. The minimum Gasteiger partial charge on any atom is -0.461 e. The Morgan fingerprint density at radius 3 is 2.18 bits per heavy atom. The number of hydrogen-bond donors (Lipinski definition) is 1. The summed E-state index contributed by atoms with van der Waals surface area (Å²) in [5, 5.41) is 3.04. The summed E-state index contributed by atoms with van der Waals surface area (Å²) >= 11 is 0. The molecule has 1 amide bonds. The van der Waals surface area contributed by atoms with Gasteiger partial charge in [0.1, 0.15) is 17.4 Å². The fourth-order valence-corrected chi connectivity index (χ4v) is 7.42. The molecule has 1 fully saturated rings. The monoisotopic (exact) mass is 592 g/mol. The molecule has 5 aromatic rings. The third-order valence-electron chi connectivity index (χ3n) is 9.27. The molecule has 0 bridgehead atoms. The van der Waals surface area contributed by atoms with Crippen molar-refractivity contribution in [1.29, 1.82) is 0 Å². The fourth-order valence-electron chi connectivity index (χ4n) is 7.42. The summed E-state index contributed by atoms with van der Waals surface area (Å²) in [4.78, 5) is 46.0. The Balaban J connectivity index is 1.35. The molecule has 0 unspecified atom stereocenters. The number of nitrogens with zero attached hydrogens (tertiary/aromatic N) is 1. The van der Waals surface area contributed by atoms with Crippen LogP contribution in [0.2, 0.25) is 0 Å². The average molecular weight is 593 g/mol. The summed E-state index contributed by atoms with van der Waals surface area (Å²) in [6.45, 7) is 0. The molecule has 1 saturated heterocycles. The number of esters is 1. The predicted octanol–water partition coefficient (Wildman–Crippen LogP) is 6.59.